The molecule has 0 spiro atoms. The van der Waals surface area contributed by atoms with Gasteiger partial charge in [-0.25, -0.2) is 0 Å². The zero-order valence-electron chi connectivity index (χ0n) is 12.9. The Balaban J connectivity index is 3.02. The van der Waals surface area contributed by atoms with E-state index in [0.717, 1.165) is 25.1 Å². The minimum Gasteiger partial charge on any atom is -0.383 e. The number of likely N-dealkylation sites (N-methyl/N-ethyl adjacent to an activating group) is 1. The van der Waals surface area contributed by atoms with Crippen LogP contribution in [0.5, 0.6) is 0 Å². The van der Waals surface area contributed by atoms with Gasteiger partial charge in [-0.15, -0.1) is 0 Å². The van der Waals surface area contributed by atoms with Crippen molar-refractivity contribution in [1.82, 2.24) is 15.1 Å². The van der Waals surface area contributed by atoms with Gasteiger partial charge in [-0.2, -0.15) is 5.10 Å². The van der Waals surface area contributed by atoms with Gasteiger partial charge in [0.1, 0.15) is 0 Å². The molecule has 0 aliphatic rings. The monoisotopic (exact) mass is 303 g/mol. The molecule has 0 aliphatic carbocycles. The molecule has 0 aromatic carbocycles. The highest BCUT2D eigenvalue weighted by Crippen LogP contribution is 2.28. The number of hydrogen-bond acceptors (Lipinski definition) is 4. The maximum absolute atomic E-state index is 6.34. The minimum absolute atomic E-state index is 0.0387. The molecule has 0 saturated heterocycles. The van der Waals surface area contributed by atoms with Gasteiger partial charge in [-0.1, -0.05) is 31.9 Å². The molecule has 5 nitrogen and oxygen atoms in total. The summed E-state index contributed by atoms with van der Waals surface area (Å²) in [6.07, 6.45) is 3.80. The summed E-state index contributed by atoms with van der Waals surface area (Å²) in [5, 5.41) is 8.48. The fourth-order valence-corrected chi connectivity index (χ4v) is 2.63. The summed E-state index contributed by atoms with van der Waals surface area (Å²) in [6.45, 7) is 6.37. The molecule has 20 heavy (non-hydrogen) atoms. The lowest BCUT2D eigenvalue weighted by molar-refractivity contribution is 0.0577. The number of methoxy groups -OCH3 is 2. The summed E-state index contributed by atoms with van der Waals surface area (Å²) in [7, 11) is 3.43. The maximum Gasteiger partial charge on any atom is 0.0835 e. The number of hydrogen-bond donors (Lipinski definition) is 1. The second kappa shape index (κ2) is 9.34. The van der Waals surface area contributed by atoms with Crippen molar-refractivity contribution in [3.63, 3.8) is 0 Å². The van der Waals surface area contributed by atoms with E-state index in [0.29, 0.717) is 18.2 Å². The Labute approximate surface area is 126 Å². The number of halogens is 1. The molecule has 0 bridgehead atoms. The molecule has 0 amide bonds. The molecule has 2 atom stereocenters. The highest BCUT2D eigenvalue weighted by atomic mass is 35.5. The summed E-state index contributed by atoms with van der Waals surface area (Å²) < 4.78 is 12.7. The van der Waals surface area contributed by atoms with E-state index in [-0.39, 0.29) is 12.1 Å². The fourth-order valence-electron chi connectivity index (χ4n) is 2.37. The molecule has 1 N–H and O–H groups in total. The fraction of sp³-hybridized carbons (Fsp3) is 0.786. The molecule has 1 aromatic rings. The van der Waals surface area contributed by atoms with Gasteiger partial charge in [0.15, 0.2) is 0 Å². The molecule has 0 saturated carbocycles. The topological polar surface area (TPSA) is 48.3 Å². The number of aromatic nitrogens is 2. The van der Waals surface area contributed by atoms with Crippen LogP contribution in [0, 0.1) is 0 Å². The largest absolute Gasteiger partial charge is 0.383 e. The van der Waals surface area contributed by atoms with E-state index in [4.69, 9.17) is 21.1 Å². The minimum atomic E-state index is 0.0387. The molecular formula is C14H26ClN3O2. The van der Waals surface area contributed by atoms with Crippen LogP contribution in [0.25, 0.3) is 0 Å². The normalized spacial score (nSPS) is 14.4. The smallest absolute Gasteiger partial charge is 0.0835 e. The van der Waals surface area contributed by atoms with E-state index in [2.05, 4.69) is 24.3 Å². The van der Waals surface area contributed by atoms with Gasteiger partial charge >= 0.3 is 0 Å². The van der Waals surface area contributed by atoms with Gasteiger partial charge in [-0.05, 0) is 13.0 Å². The average Bonchev–Trinajstić information content (AvgIpc) is 2.81. The van der Waals surface area contributed by atoms with Crippen LogP contribution in [-0.4, -0.2) is 43.3 Å². The predicted octanol–water partition coefficient (Wildman–Crippen LogP) is 2.65. The third-order valence-electron chi connectivity index (χ3n) is 3.31. The van der Waals surface area contributed by atoms with Crippen molar-refractivity contribution in [2.75, 3.05) is 27.4 Å². The average molecular weight is 304 g/mol. The maximum atomic E-state index is 6.34. The zero-order chi connectivity index (χ0) is 15.0. The van der Waals surface area contributed by atoms with Gasteiger partial charge in [0.05, 0.1) is 42.2 Å². The van der Waals surface area contributed by atoms with Crippen LogP contribution in [-0.2, 0) is 16.0 Å². The van der Waals surface area contributed by atoms with Crippen LogP contribution in [0.2, 0.25) is 5.02 Å². The van der Waals surface area contributed by atoms with E-state index in [1.165, 1.54) is 0 Å². The molecule has 0 radical (unpaired) electrons. The summed E-state index contributed by atoms with van der Waals surface area (Å²) in [6, 6.07) is 0.0387. The molecular weight excluding hydrogens is 278 g/mol. The third-order valence-corrected chi connectivity index (χ3v) is 3.60. The quantitative estimate of drug-likeness (QED) is 0.722. The highest BCUT2D eigenvalue weighted by Gasteiger charge is 2.27. The van der Waals surface area contributed by atoms with E-state index in [9.17, 15) is 0 Å². The molecule has 1 rings (SSSR count). The van der Waals surface area contributed by atoms with E-state index in [1.807, 2.05) is 4.68 Å². The third kappa shape index (κ3) is 4.45. The van der Waals surface area contributed by atoms with Gasteiger partial charge in [0.25, 0.3) is 0 Å². The van der Waals surface area contributed by atoms with Gasteiger partial charge in [0.2, 0.25) is 0 Å². The van der Waals surface area contributed by atoms with Crippen LogP contribution in [0.1, 0.15) is 38.4 Å². The summed E-state index contributed by atoms with van der Waals surface area (Å²) in [5.74, 6) is 0. The van der Waals surface area contributed by atoms with Crippen LogP contribution >= 0.6 is 11.6 Å². The Morgan fingerprint density at radius 3 is 2.70 bits per heavy atom. The summed E-state index contributed by atoms with van der Waals surface area (Å²) in [4.78, 5) is 0. The van der Waals surface area contributed by atoms with E-state index < -0.39 is 0 Å². The van der Waals surface area contributed by atoms with E-state index in [1.54, 1.807) is 20.4 Å². The predicted molar refractivity (Wildman–Crippen MR) is 81.2 cm³/mol. The van der Waals surface area contributed by atoms with Crippen molar-refractivity contribution in [2.24, 2.45) is 0 Å². The van der Waals surface area contributed by atoms with Crippen molar-refractivity contribution in [3.05, 3.63) is 16.9 Å². The highest BCUT2D eigenvalue weighted by molar-refractivity contribution is 6.31. The molecule has 1 heterocycles. The Bertz CT molecular complexity index is 384. The second-order valence-electron chi connectivity index (χ2n) is 4.69. The number of nitrogens with zero attached hydrogens (tertiary/aromatic N) is 2. The Morgan fingerprint density at radius 1 is 1.40 bits per heavy atom. The summed E-state index contributed by atoms with van der Waals surface area (Å²) in [5.41, 5.74) is 0.978. The molecule has 1 aromatic heterocycles. The number of ether oxygens (including phenoxy) is 2. The van der Waals surface area contributed by atoms with Gasteiger partial charge in [0, 0.05) is 14.2 Å². The first kappa shape index (κ1) is 17.4. The molecule has 2 unspecified atom stereocenters. The first-order valence-electron chi connectivity index (χ1n) is 7.15. The van der Waals surface area contributed by atoms with E-state index >= 15 is 0 Å². The molecule has 6 heteroatoms. The van der Waals surface area contributed by atoms with Gasteiger partial charge in [-0.3, -0.25) is 4.68 Å². The lowest BCUT2D eigenvalue weighted by atomic mass is 10.0. The van der Waals surface area contributed by atoms with Crippen LogP contribution in [0.3, 0.4) is 0 Å². The van der Waals surface area contributed by atoms with Crippen molar-refractivity contribution >= 4 is 11.6 Å². The van der Waals surface area contributed by atoms with Crippen molar-refractivity contribution in [3.8, 4) is 0 Å². The second-order valence-corrected chi connectivity index (χ2v) is 5.10. The standard InChI is InChI=1S/C14H26ClN3O2/c1-5-7-12(20-4)13(16-6-2)14-11(15)10-17-18(14)8-9-19-3/h10,12-13,16H,5-9H2,1-4H3. The number of nitrogens with one attached hydrogen (secondary N) is 1. The lowest BCUT2D eigenvalue weighted by Crippen LogP contribution is -2.35. The zero-order valence-corrected chi connectivity index (χ0v) is 13.6. The van der Waals surface area contributed by atoms with Crippen LogP contribution in [0.4, 0.5) is 0 Å². The molecule has 0 fully saturated rings. The van der Waals surface area contributed by atoms with Crippen molar-refractivity contribution < 1.29 is 9.47 Å². The first-order valence-corrected chi connectivity index (χ1v) is 7.53. The Morgan fingerprint density at radius 2 is 2.15 bits per heavy atom. The van der Waals surface area contributed by atoms with Crippen molar-refractivity contribution in [1.29, 1.82) is 0 Å². The van der Waals surface area contributed by atoms with Crippen LogP contribution in [0.15, 0.2) is 6.20 Å². The van der Waals surface area contributed by atoms with Gasteiger partial charge < -0.3 is 14.8 Å². The Hall–Kier alpha value is -0.620. The summed E-state index contributed by atoms with van der Waals surface area (Å²) >= 11 is 6.34. The molecule has 116 valence electrons. The first-order chi connectivity index (χ1) is 9.69. The number of rotatable bonds is 10. The van der Waals surface area contributed by atoms with Crippen molar-refractivity contribution in [2.45, 2.75) is 45.4 Å². The Kier molecular flexibility index (Phi) is 8.14. The molecule has 0 aliphatic heterocycles. The van der Waals surface area contributed by atoms with Crippen LogP contribution < -0.4 is 5.32 Å². The lowest BCUT2D eigenvalue weighted by Gasteiger charge is -2.27. The SMILES string of the molecule is CCCC(OC)C(NCC)c1c(Cl)cnn1CCOC.